The van der Waals surface area contributed by atoms with E-state index in [-0.39, 0.29) is 5.91 Å². The number of anilines is 1. The maximum atomic E-state index is 11.1. The summed E-state index contributed by atoms with van der Waals surface area (Å²) in [4.78, 5) is 11.1. The molecule has 5 heteroatoms. The second kappa shape index (κ2) is 4.15. The van der Waals surface area contributed by atoms with Crippen LogP contribution in [0, 0.1) is 0 Å². The molecule has 4 nitrogen and oxygen atoms in total. The zero-order valence-electron chi connectivity index (χ0n) is 7.07. The van der Waals surface area contributed by atoms with Gasteiger partial charge in [-0.2, -0.15) is 16.9 Å². The molecule has 1 amide bonds. The first-order valence-electron chi connectivity index (χ1n) is 3.51. The molecule has 0 aliphatic heterocycles. The molecule has 0 aliphatic rings. The molecule has 0 spiro atoms. The first kappa shape index (κ1) is 9.12. The maximum Gasteiger partial charge on any atom is 0.235 e. The average Bonchev–Trinajstić information content (AvgIpc) is 2.37. The summed E-state index contributed by atoms with van der Waals surface area (Å²) in [7, 11) is 1.79. The highest BCUT2D eigenvalue weighted by molar-refractivity contribution is 7.99. The van der Waals surface area contributed by atoms with Crippen LogP contribution in [0.5, 0.6) is 0 Å². The molecule has 1 N–H and O–H groups in total. The lowest BCUT2D eigenvalue weighted by Crippen LogP contribution is -2.16. The minimum absolute atomic E-state index is 0.00565. The number of carbonyl (C=O) groups excluding carboxylic acids is 1. The van der Waals surface area contributed by atoms with Gasteiger partial charge in [-0.3, -0.25) is 9.48 Å². The van der Waals surface area contributed by atoms with Crippen molar-refractivity contribution in [2.24, 2.45) is 7.05 Å². The number of carbonyl (C=O) groups is 1. The number of thioether (sulfide) groups is 1. The summed E-state index contributed by atoms with van der Waals surface area (Å²) in [6.45, 7) is 0. The molecule has 0 aromatic carbocycles. The van der Waals surface area contributed by atoms with Gasteiger partial charge in [0.05, 0.1) is 11.9 Å². The third-order valence-electron chi connectivity index (χ3n) is 1.36. The van der Waals surface area contributed by atoms with Gasteiger partial charge in [0.2, 0.25) is 5.91 Å². The lowest BCUT2D eigenvalue weighted by Gasteiger charge is -2.02. The molecule has 0 aliphatic carbocycles. The van der Waals surface area contributed by atoms with Crippen LogP contribution in [-0.4, -0.2) is 27.7 Å². The van der Waals surface area contributed by atoms with E-state index < -0.39 is 0 Å². The van der Waals surface area contributed by atoms with Crippen molar-refractivity contribution in [3.05, 3.63) is 12.3 Å². The average molecular weight is 185 g/mol. The summed E-state index contributed by atoms with van der Waals surface area (Å²) >= 11 is 1.50. The van der Waals surface area contributed by atoms with E-state index in [9.17, 15) is 4.79 Å². The zero-order chi connectivity index (χ0) is 8.97. The Bertz CT molecular complexity index is 271. The number of aromatic nitrogens is 2. The van der Waals surface area contributed by atoms with Crippen LogP contribution >= 0.6 is 11.8 Å². The van der Waals surface area contributed by atoms with E-state index in [2.05, 4.69) is 10.4 Å². The van der Waals surface area contributed by atoms with Crippen molar-refractivity contribution in [3.63, 3.8) is 0 Å². The number of hydrogen-bond donors (Lipinski definition) is 1. The Hall–Kier alpha value is -0.970. The van der Waals surface area contributed by atoms with Gasteiger partial charge in [0.1, 0.15) is 5.82 Å². The molecular formula is C7H11N3OS. The van der Waals surface area contributed by atoms with Crippen LogP contribution < -0.4 is 5.32 Å². The molecule has 1 aromatic heterocycles. The summed E-state index contributed by atoms with van der Waals surface area (Å²) in [6.07, 6.45) is 3.54. The first-order chi connectivity index (χ1) is 5.74. The van der Waals surface area contributed by atoms with E-state index in [4.69, 9.17) is 0 Å². The SMILES string of the molecule is CSCC(=O)Nc1ccnn1C. The van der Waals surface area contributed by atoms with Crippen LogP contribution in [0.25, 0.3) is 0 Å². The highest BCUT2D eigenvalue weighted by Gasteiger charge is 2.02. The van der Waals surface area contributed by atoms with E-state index in [1.54, 1.807) is 24.0 Å². The molecular weight excluding hydrogens is 174 g/mol. The zero-order valence-corrected chi connectivity index (χ0v) is 7.89. The molecule has 0 atom stereocenters. The molecule has 0 bridgehead atoms. The van der Waals surface area contributed by atoms with Crippen LogP contribution in [-0.2, 0) is 11.8 Å². The van der Waals surface area contributed by atoms with Crippen molar-refractivity contribution in [1.29, 1.82) is 0 Å². The minimum atomic E-state index is 0.00565. The van der Waals surface area contributed by atoms with E-state index in [0.29, 0.717) is 5.75 Å². The molecule has 66 valence electrons. The number of nitrogens with one attached hydrogen (secondary N) is 1. The van der Waals surface area contributed by atoms with Gasteiger partial charge in [-0.1, -0.05) is 0 Å². The molecule has 0 saturated heterocycles. The summed E-state index contributed by atoms with van der Waals surface area (Å²) in [5, 5.41) is 6.66. The van der Waals surface area contributed by atoms with Gasteiger partial charge in [-0.25, -0.2) is 0 Å². The maximum absolute atomic E-state index is 11.1. The van der Waals surface area contributed by atoms with Crippen LogP contribution in [0.3, 0.4) is 0 Å². The fourth-order valence-corrected chi connectivity index (χ4v) is 1.14. The number of nitrogens with zero attached hydrogens (tertiary/aromatic N) is 2. The highest BCUT2D eigenvalue weighted by atomic mass is 32.2. The highest BCUT2D eigenvalue weighted by Crippen LogP contribution is 2.03. The monoisotopic (exact) mass is 185 g/mol. The molecule has 0 radical (unpaired) electrons. The van der Waals surface area contributed by atoms with Gasteiger partial charge in [0.15, 0.2) is 0 Å². The van der Waals surface area contributed by atoms with Crippen molar-refractivity contribution >= 4 is 23.5 Å². The molecule has 0 saturated carbocycles. The number of aryl methyl sites for hydroxylation is 1. The van der Waals surface area contributed by atoms with Gasteiger partial charge in [0.25, 0.3) is 0 Å². The quantitative estimate of drug-likeness (QED) is 0.755. The number of amides is 1. The Labute approximate surface area is 75.3 Å². The number of hydrogen-bond acceptors (Lipinski definition) is 3. The fraction of sp³-hybridized carbons (Fsp3) is 0.429. The van der Waals surface area contributed by atoms with Crippen LogP contribution in [0.4, 0.5) is 5.82 Å². The second-order valence-corrected chi connectivity index (χ2v) is 3.19. The van der Waals surface area contributed by atoms with Crippen molar-refractivity contribution in [3.8, 4) is 0 Å². The van der Waals surface area contributed by atoms with Crippen molar-refractivity contribution in [1.82, 2.24) is 9.78 Å². The van der Waals surface area contributed by atoms with Crippen molar-refractivity contribution in [2.45, 2.75) is 0 Å². The molecule has 0 unspecified atom stereocenters. The molecule has 0 fully saturated rings. The first-order valence-corrected chi connectivity index (χ1v) is 4.90. The van der Waals surface area contributed by atoms with E-state index in [0.717, 1.165) is 5.82 Å². The topological polar surface area (TPSA) is 46.9 Å². The Morgan fingerprint density at radius 1 is 1.83 bits per heavy atom. The summed E-state index contributed by atoms with van der Waals surface area (Å²) in [6, 6.07) is 1.76. The Morgan fingerprint density at radius 3 is 3.08 bits per heavy atom. The predicted octanol–water partition coefficient (Wildman–Crippen LogP) is 0.722. The standard InChI is InChI=1S/C7H11N3OS/c1-10-6(3-4-8-10)9-7(11)5-12-2/h3-4H,5H2,1-2H3,(H,9,11). The summed E-state index contributed by atoms with van der Waals surface area (Å²) in [5.74, 6) is 1.21. The minimum Gasteiger partial charge on any atom is -0.310 e. The second-order valence-electron chi connectivity index (χ2n) is 2.32. The third-order valence-corrected chi connectivity index (χ3v) is 1.91. The van der Waals surface area contributed by atoms with Gasteiger partial charge in [-0.05, 0) is 6.26 Å². The van der Waals surface area contributed by atoms with Gasteiger partial charge in [0, 0.05) is 13.1 Å². The molecule has 12 heavy (non-hydrogen) atoms. The molecule has 1 aromatic rings. The van der Waals surface area contributed by atoms with E-state index in [1.807, 2.05) is 6.26 Å². The van der Waals surface area contributed by atoms with Crippen LogP contribution in [0.1, 0.15) is 0 Å². The van der Waals surface area contributed by atoms with Gasteiger partial charge < -0.3 is 5.32 Å². The third kappa shape index (κ3) is 2.27. The predicted molar refractivity (Wildman–Crippen MR) is 50.2 cm³/mol. The van der Waals surface area contributed by atoms with E-state index >= 15 is 0 Å². The van der Waals surface area contributed by atoms with Crippen molar-refractivity contribution in [2.75, 3.05) is 17.3 Å². The number of rotatable bonds is 3. The van der Waals surface area contributed by atoms with E-state index in [1.165, 1.54) is 11.8 Å². The molecule has 1 rings (SSSR count). The van der Waals surface area contributed by atoms with Gasteiger partial charge >= 0.3 is 0 Å². The Morgan fingerprint density at radius 2 is 2.58 bits per heavy atom. The Balaban J connectivity index is 2.52. The smallest absolute Gasteiger partial charge is 0.235 e. The van der Waals surface area contributed by atoms with Crippen molar-refractivity contribution < 1.29 is 4.79 Å². The summed E-state index contributed by atoms with van der Waals surface area (Å²) < 4.78 is 1.62. The van der Waals surface area contributed by atoms with Gasteiger partial charge in [-0.15, -0.1) is 0 Å². The van der Waals surface area contributed by atoms with Crippen LogP contribution in [0.15, 0.2) is 12.3 Å². The largest absolute Gasteiger partial charge is 0.310 e. The lowest BCUT2D eigenvalue weighted by atomic mass is 10.6. The normalized spacial score (nSPS) is 9.83. The fourth-order valence-electron chi connectivity index (χ4n) is 0.807. The Kier molecular flexibility index (Phi) is 3.16. The van der Waals surface area contributed by atoms with Crippen LogP contribution in [0.2, 0.25) is 0 Å². The lowest BCUT2D eigenvalue weighted by molar-refractivity contribution is -0.113. The molecule has 1 heterocycles. The summed E-state index contributed by atoms with van der Waals surface area (Å²) in [5.41, 5.74) is 0.